The fraction of sp³-hybridized carbons (Fsp3) is 0. The summed E-state index contributed by atoms with van der Waals surface area (Å²) in [6.45, 7) is 0. The molecule has 0 fully saturated rings. The standard InChI is InChI=1S/C12H8BrFN2/c13-9-4-5-12(11(14)7-9)16-8-10-3-1-2-6-15-10/h1-8H. The van der Waals surface area contributed by atoms with E-state index in [1.807, 2.05) is 12.1 Å². The summed E-state index contributed by atoms with van der Waals surface area (Å²) in [5, 5.41) is 0. The molecule has 2 rings (SSSR count). The minimum atomic E-state index is -0.360. The van der Waals surface area contributed by atoms with E-state index in [0.29, 0.717) is 15.9 Å². The van der Waals surface area contributed by atoms with Gasteiger partial charge < -0.3 is 0 Å². The number of aliphatic imine (C=N–C) groups is 1. The molecule has 2 nitrogen and oxygen atoms in total. The highest BCUT2D eigenvalue weighted by atomic mass is 79.9. The van der Waals surface area contributed by atoms with Gasteiger partial charge in [-0.05, 0) is 30.3 Å². The van der Waals surface area contributed by atoms with Crippen molar-refractivity contribution in [2.75, 3.05) is 0 Å². The van der Waals surface area contributed by atoms with Crippen LogP contribution in [-0.4, -0.2) is 11.2 Å². The highest BCUT2D eigenvalue weighted by molar-refractivity contribution is 9.10. The molecule has 0 atom stereocenters. The third-order valence-corrected chi connectivity index (χ3v) is 2.43. The van der Waals surface area contributed by atoms with E-state index in [1.54, 1.807) is 24.4 Å². The zero-order valence-corrected chi connectivity index (χ0v) is 9.86. The van der Waals surface area contributed by atoms with Gasteiger partial charge >= 0.3 is 0 Å². The molecule has 0 N–H and O–H groups in total. The van der Waals surface area contributed by atoms with Crippen LogP contribution in [0.25, 0.3) is 0 Å². The first-order chi connectivity index (χ1) is 7.75. The fourth-order valence-corrected chi connectivity index (χ4v) is 1.51. The summed E-state index contributed by atoms with van der Waals surface area (Å²) in [7, 11) is 0. The van der Waals surface area contributed by atoms with Crippen molar-refractivity contribution in [1.82, 2.24) is 4.98 Å². The SMILES string of the molecule is Fc1cc(Br)ccc1N=Cc1ccccn1. The molecule has 80 valence electrons. The second-order valence-corrected chi connectivity index (χ2v) is 4.02. The maximum absolute atomic E-state index is 13.4. The summed E-state index contributed by atoms with van der Waals surface area (Å²) in [5.41, 5.74) is 0.999. The Morgan fingerprint density at radius 1 is 1.25 bits per heavy atom. The van der Waals surface area contributed by atoms with Gasteiger partial charge in [-0.25, -0.2) is 4.39 Å². The molecule has 0 spiro atoms. The molecular formula is C12H8BrFN2. The maximum Gasteiger partial charge on any atom is 0.149 e. The summed E-state index contributed by atoms with van der Waals surface area (Å²) in [4.78, 5) is 8.09. The molecule has 1 aromatic carbocycles. The first-order valence-electron chi connectivity index (χ1n) is 4.66. The molecule has 2 aromatic rings. The van der Waals surface area contributed by atoms with Crippen molar-refractivity contribution in [3.8, 4) is 0 Å². The van der Waals surface area contributed by atoms with Crippen molar-refractivity contribution in [1.29, 1.82) is 0 Å². The molecular weight excluding hydrogens is 271 g/mol. The van der Waals surface area contributed by atoms with Gasteiger partial charge in [-0.15, -0.1) is 0 Å². The predicted molar refractivity (Wildman–Crippen MR) is 65.6 cm³/mol. The van der Waals surface area contributed by atoms with Crippen molar-refractivity contribution in [3.63, 3.8) is 0 Å². The van der Waals surface area contributed by atoms with E-state index in [4.69, 9.17) is 0 Å². The zero-order chi connectivity index (χ0) is 11.4. The highest BCUT2D eigenvalue weighted by Crippen LogP contribution is 2.21. The minimum absolute atomic E-state index is 0.300. The number of hydrogen-bond donors (Lipinski definition) is 0. The van der Waals surface area contributed by atoms with Crippen LogP contribution in [0, 0.1) is 5.82 Å². The molecule has 4 heteroatoms. The molecule has 0 aliphatic heterocycles. The third kappa shape index (κ3) is 2.73. The normalized spacial score (nSPS) is 10.9. The lowest BCUT2D eigenvalue weighted by Crippen LogP contribution is -1.85. The van der Waals surface area contributed by atoms with Crippen LogP contribution in [0.3, 0.4) is 0 Å². The molecule has 0 saturated carbocycles. The van der Waals surface area contributed by atoms with Crippen LogP contribution in [-0.2, 0) is 0 Å². The largest absolute Gasteiger partial charge is 0.255 e. The topological polar surface area (TPSA) is 25.2 Å². The van der Waals surface area contributed by atoms with Gasteiger partial charge in [0.15, 0.2) is 0 Å². The fourth-order valence-electron chi connectivity index (χ4n) is 1.17. The number of hydrogen-bond acceptors (Lipinski definition) is 2. The van der Waals surface area contributed by atoms with Gasteiger partial charge in [-0.1, -0.05) is 22.0 Å². The Morgan fingerprint density at radius 3 is 2.81 bits per heavy atom. The highest BCUT2D eigenvalue weighted by Gasteiger charge is 1.99. The summed E-state index contributed by atoms with van der Waals surface area (Å²) >= 11 is 3.19. The van der Waals surface area contributed by atoms with Crippen molar-refractivity contribution in [2.24, 2.45) is 4.99 Å². The monoisotopic (exact) mass is 278 g/mol. The average molecular weight is 279 g/mol. The number of benzene rings is 1. The predicted octanol–water partition coefficient (Wildman–Crippen LogP) is 3.73. The van der Waals surface area contributed by atoms with E-state index in [1.165, 1.54) is 12.3 Å². The third-order valence-electron chi connectivity index (χ3n) is 1.93. The van der Waals surface area contributed by atoms with Crippen LogP contribution >= 0.6 is 15.9 Å². The summed E-state index contributed by atoms with van der Waals surface area (Å²) in [6.07, 6.45) is 3.20. The molecule has 1 aromatic heterocycles. The number of aromatic nitrogens is 1. The molecule has 16 heavy (non-hydrogen) atoms. The summed E-state index contributed by atoms with van der Waals surface area (Å²) in [6, 6.07) is 10.2. The Morgan fingerprint density at radius 2 is 2.12 bits per heavy atom. The van der Waals surface area contributed by atoms with Crippen molar-refractivity contribution in [2.45, 2.75) is 0 Å². The molecule has 0 bridgehead atoms. The van der Waals surface area contributed by atoms with Crippen LogP contribution in [0.4, 0.5) is 10.1 Å². The van der Waals surface area contributed by atoms with Crippen LogP contribution in [0.2, 0.25) is 0 Å². The zero-order valence-electron chi connectivity index (χ0n) is 8.27. The second kappa shape index (κ2) is 4.99. The van der Waals surface area contributed by atoms with E-state index in [9.17, 15) is 4.39 Å². The van der Waals surface area contributed by atoms with Crippen LogP contribution < -0.4 is 0 Å². The van der Waals surface area contributed by atoms with Gasteiger partial charge in [0.05, 0.1) is 17.6 Å². The van der Waals surface area contributed by atoms with Crippen molar-refractivity contribution in [3.05, 3.63) is 58.6 Å². The lowest BCUT2D eigenvalue weighted by molar-refractivity contribution is 0.629. The van der Waals surface area contributed by atoms with E-state index < -0.39 is 0 Å². The Hall–Kier alpha value is -1.55. The quantitative estimate of drug-likeness (QED) is 0.769. The lowest BCUT2D eigenvalue weighted by Gasteiger charge is -1.96. The number of pyridine rings is 1. The molecule has 0 unspecified atom stereocenters. The van der Waals surface area contributed by atoms with Gasteiger partial charge in [0.25, 0.3) is 0 Å². The molecule has 0 aliphatic carbocycles. The first-order valence-corrected chi connectivity index (χ1v) is 5.45. The smallest absolute Gasteiger partial charge is 0.149 e. The number of halogens is 2. The van der Waals surface area contributed by atoms with E-state index in [2.05, 4.69) is 25.9 Å². The molecule has 0 amide bonds. The van der Waals surface area contributed by atoms with Crippen LogP contribution in [0.15, 0.2) is 52.1 Å². The molecule has 0 saturated heterocycles. The number of rotatable bonds is 2. The average Bonchev–Trinajstić information content (AvgIpc) is 2.29. The minimum Gasteiger partial charge on any atom is -0.255 e. The maximum atomic E-state index is 13.4. The first kappa shape index (κ1) is 11.0. The number of nitrogens with zero attached hydrogens (tertiary/aromatic N) is 2. The molecule has 0 aliphatic rings. The summed E-state index contributed by atoms with van der Waals surface area (Å²) in [5.74, 6) is -0.360. The van der Waals surface area contributed by atoms with Gasteiger partial charge in [0, 0.05) is 10.7 Å². The Kier molecular flexibility index (Phi) is 3.41. The van der Waals surface area contributed by atoms with Gasteiger partial charge in [-0.2, -0.15) is 0 Å². The second-order valence-electron chi connectivity index (χ2n) is 3.11. The van der Waals surface area contributed by atoms with E-state index in [0.717, 1.165) is 0 Å². The van der Waals surface area contributed by atoms with E-state index in [-0.39, 0.29) is 5.82 Å². The van der Waals surface area contributed by atoms with Gasteiger partial charge in [-0.3, -0.25) is 9.98 Å². The van der Waals surface area contributed by atoms with Crippen LogP contribution in [0.1, 0.15) is 5.69 Å². The van der Waals surface area contributed by atoms with E-state index >= 15 is 0 Å². The lowest BCUT2D eigenvalue weighted by atomic mass is 10.3. The molecule has 0 radical (unpaired) electrons. The molecule has 1 heterocycles. The Balaban J connectivity index is 2.24. The Labute approximate surface area is 101 Å². The van der Waals surface area contributed by atoms with Crippen molar-refractivity contribution >= 4 is 27.8 Å². The van der Waals surface area contributed by atoms with Gasteiger partial charge in [0.2, 0.25) is 0 Å². The summed E-state index contributed by atoms with van der Waals surface area (Å²) < 4.78 is 14.1. The van der Waals surface area contributed by atoms with Crippen molar-refractivity contribution < 1.29 is 4.39 Å². The van der Waals surface area contributed by atoms with Crippen LogP contribution in [0.5, 0.6) is 0 Å². The van der Waals surface area contributed by atoms with Gasteiger partial charge in [0.1, 0.15) is 5.82 Å². The Bertz CT molecular complexity index is 512.